The third-order valence-electron chi connectivity index (χ3n) is 18.3. The summed E-state index contributed by atoms with van der Waals surface area (Å²) in [5.74, 6) is -2.65. The van der Waals surface area contributed by atoms with E-state index in [9.17, 15) is 85.0 Å². The van der Waals surface area contributed by atoms with Gasteiger partial charge in [-0.25, -0.2) is 73.0 Å². The number of aromatic nitrogens is 7. The van der Waals surface area contributed by atoms with Crippen molar-refractivity contribution in [2.45, 2.75) is 122 Å². The maximum atomic E-state index is 13.3. The highest BCUT2D eigenvalue weighted by Gasteiger charge is 2.41. The van der Waals surface area contributed by atoms with Gasteiger partial charge in [-0.15, -0.1) is 0 Å². The molecule has 0 saturated heterocycles. The van der Waals surface area contributed by atoms with E-state index in [4.69, 9.17) is 80.9 Å². The number of benzene rings is 4. The highest BCUT2D eigenvalue weighted by atomic mass is 79.9. The van der Waals surface area contributed by atoms with Crippen LogP contribution in [-0.2, 0) is 24.7 Å². The molecule has 11 rings (SSSR count). The number of hydrogen-bond acceptors (Lipinski definition) is 15. The first kappa shape index (κ1) is 101. The summed E-state index contributed by atoms with van der Waals surface area (Å²) < 4.78 is 198. The molecule has 0 bridgehead atoms. The number of nitrogens with zero attached hydrogens (tertiary/aromatic N) is 19. The highest BCUT2D eigenvalue weighted by molar-refractivity contribution is 9.10. The molecule has 8 aromatic rings. The van der Waals surface area contributed by atoms with E-state index < -0.39 is 119 Å². The number of carbonyl (C=O) groups is 4. The summed E-state index contributed by atoms with van der Waals surface area (Å²) in [6, 6.07) is 11.6. The molecule has 0 radical (unpaired) electrons. The molecule has 4 heterocycles. The van der Waals surface area contributed by atoms with Crippen molar-refractivity contribution < 1.29 is 85.0 Å². The Kier molecular flexibility index (Phi) is 36.1. The van der Waals surface area contributed by atoms with Crippen molar-refractivity contribution >= 4 is 170 Å². The van der Waals surface area contributed by atoms with Gasteiger partial charge in [0.1, 0.15) is 0 Å². The van der Waals surface area contributed by atoms with Crippen LogP contribution in [0.15, 0.2) is 179 Å². The molecule has 4 unspecified atom stereocenters. The van der Waals surface area contributed by atoms with Crippen molar-refractivity contribution in [1.82, 2.24) is 54.5 Å². The smallest absolute Gasteiger partial charge is 0.390 e. The van der Waals surface area contributed by atoms with Gasteiger partial charge in [-0.05, 0) is 191 Å². The number of amides is 4. The number of alkyl halides is 14. The SMILES string of the molecule is CC(C(N=CN)=Nc1ccc(Cl)cn1)N(CC1CC1)C(=O)c1cc(Cl)cc(C(F)(F)F)c1.CC(C(N=CN)=Nc1ncc(Br)cn1)N(CC1CC1)C(=O)c1cc(Cl)cc(C(F)(F)F)c1.CC(C(N=CN)=Nc1ncc(F)cn1)N(CC1CC1)C(=O)c1cc(Cl)cc(C(F)(F)F)c1.CC(C(N=CN)=Nc1ncccn1)N(CC(F)F)C(=O)c1cc(Cl)cc(C(F)(F)F)c1. The van der Waals surface area contributed by atoms with Gasteiger partial charge in [0, 0.05) is 93.0 Å². The summed E-state index contributed by atoms with van der Waals surface area (Å²) in [6.07, 6.45) is -3.47. The Bertz CT molecular complexity index is 5000. The summed E-state index contributed by atoms with van der Waals surface area (Å²) in [5, 5.41) is -0.529. The Morgan fingerprint density at radius 3 is 0.969 bits per heavy atom. The molecule has 3 saturated carbocycles. The molecule has 48 heteroatoms. The minimum absolute atomic E-state index is 0.0335. The Morgan fingerprint density at radius 2 is 0.693 bits per heavy atom. The van der Waals surface area contributed by atoms with Crippen molar-refractivity contribution in [2.24, 2.45) is 80.6 Å². The number of amidine groups is 4. The Morgan fingerprint density at radius 1 is 0.409 bits per heavy atom. The van der Waals surface area contributed by atoms with Crippen molar-refractivity contribution in [2.75, 3.05) is 26.2 Å². The number of pyridine rings is 1. The second kappa shape index (κ2) is 45.3. The fourth-order valence-corrected chi connectivity index (χ4v) is 12.7. The molecule has 3 fully saturated rings. The van der Waals surface area contributed by atoms with Gasteiger partial charge in [-0.3, -0.25) is 19.2 Å². The van der Waals surface area contributed by atoms with Crippen LogP contribution in [0.2, 0.25) is 25.1 Å². The first-order chi connectivity index (χ1) is 59.8. The van der Waals surface area contributed by atoms with E-state index in [1.807, 2.05) is 0 Å². The second-order valence-electron chi connectivity index (χ2n) is 27.9. The Hall–Kier alpha value is -11.4. The predicted octanol–water partition coefficient (Wildman–Crippen LogP) is 18.4. The molecule has 3 aliphatic carbocycles. The maximum Gasteiger partial charge on any atom is 0.416 e. The zero-order chi connectivity index (χ0) is 93.6. The van der Waals surface area contributed by atoms with Crippen LogP contribution in [0, 0.1) is 23.6 Å². The normalized spacial score (nSPS) is 15.2. The van der Waals surface area contributed by atoms with Gasteiger partial charge in [0.2, 0.25) is 0 Å². The standard InChI is InChI=1S/C21H20Cl2F3N5O.C20H19BrClF3N6O.C20H19ClF4N6O.C18H16ClF5N6O/c1-12(19(29-11-27)30-18-5-4-16(22)9-28-18)31(10-13-2-3-13)20(32)14-6-15(21(24,25)26)8-17(23)7-14;1-11(17(29-10-26)30-19-27-7-15(21)8-28-19)31(9-12-2-3-12)18(32)13-4-14(20(23,24)25)6-16(22)5-13;1-11(17(29-10-26)30-19-27-7-16(22)8-28-19)31(9-12-2-3-12)18(32)13-4-14(20(23,24)25)6-15(21)5-13;1-10(15(28-9-25)29-17-26-3-2-4-27-17)30(8-14(20)21)16(31)11-5-12(18(22,23)24)7-13(19)6-11/h4-9,11-13H,2-3,10H2,1H3,(H2,27,28,29,30);2*4-8,10-12H,2-3,9H2,1H3,(H2,26,27,28,29,30);2-7,9-10,14H,8H2,1H3,(H2,25,26,27,28,29). The average Bonchev–Trinajstić information content (AvgIpc) is 1.33. The summed E-state index contributed by atoms with van der Waals surface area (Å²) in [5.41, 5.74) is 16.3. The second-order valence-corrected chi connectivity index (χ2v) is 31.0. The van der Waals surface area contributed by atoms with E-state index in [0.717, 1.165) is 119 Å². The molecule has 127 heavy (non-hydrogen) atoms. The van der Waals surface area contributed by atoms with Gasteiger partial charge in [0.15, 0.2) is 35.0 Å². The van der Waals surface area contributed by atoms with Crippen LogP contribution < -0.4 is 22.9 Å². The van der Waals surface area contributed by atoms with Crippen molar-refractivity contribution in [1.29, 1.82) is 0 Å². The zero-order valence-corrected chi connectivity index (χ0v) is 71.9. The number of halogens is 21. The van der Waals surface area contributed by atoms with E-state index >= 15 is 0 Å². The van der Waals surface area contributed by atoms with Gasteiger partial charge in [-0.2, -0.15) is 67.7 Å². The van der Waals surface area contributed by atoms with E-state index in [0.29, 0.717) is 45.4 Å². The first-order valence-electron chi connectivity index (χ1n) is 37.5. The van der Waals surface area contributed by atoms with Crippen LogP contribution in [-0.4, -0.2) is 184 Å². The van der Waals surface area contributed by atoms with Crippen LogP contribution in [0.1, 0.15) is 130 Å². The largest absolute Gasteiger partial charge is 0.416 e. The van der Waals surface area contributed by atoms with Gasteiger partial charge in [-0.1, -0.05) is 58.0 Å². The summed E-state index contributed by atoms with van der Waals surface area (Å²) in [7, 11) is 0. The lowest BCUT2D eigenvalue weighted by Gasteiger charge is -2.29. The summed E-state index contributed by atoms with van der Waals surface area (Å²) in [6.45, 7) is 6.08. The lowest BCUT2D eigenvalue weighted by molar-refractivity contribution is -0.138. The molecule has 27 nitrogen and oxygen atoms in total. The first-order valence-corrected chi connectivity index (χ1v) is 40.1. The molecule has 8 N–H and O–H groups in total. The number of rotatable bonds is 24. The molecule has 3 aliphatic rings. The van der Waals surface area contributed by atoms with Crippen molar-refractivity contribution in [3.8, 4) is 0 Å². The topological polar surface area (TPSA) is 374 Å². The molecule has 0 aliphatic heterocycles. The molecule has 0 spiro atoms. The number of aliphatic imine (C=N–C) groups is 8. The molecular formula is C79H74BrCl5F15N23O4. The van der Waals surface area contributed by atoms with E-state index in [-0.39, 0.29) is 102 Å². The maximum absolute atomic E-state index is 13.3. The molecule has 4 amide bonds. The lowest BCUT2D eigenvalue weighted by Crippen LogP contribution is -2.45. The van der Waals surface area contributed by atoms with Crippen LogP contribution in [0.25, 0.3) is 0 Å². The number of hydrogen-bond donors (Lipinski definition) is 4. The predicted molar refractivity (Wildman–Crippen MR) is 454 cm³/mol. The monoisotopic (exact) mass is 1950 g/mol. The fourth-order valence-electron chi connectivity index (χ4n) is 11.4. The third-order valence-corrected chi connectivity index (χ3v) is 19.8. The third kappa shape index (κ3) is 31.3. The Balaban J connectivity index is 0.000000209. The number of nitrogens with two attached hydrogens (primary N) is 4. The van der Waals surface area contributed by atoms with Crippen molar-refractivity contribution in [3.05, 3.63) is 214 Å². The van der Waals surface area contributed by atoms with Gasteiger partial charge >= 0.3 is 24.7 Å². The van der Waals surface area contributed by atoms with Gasteiger partial charge < -0.3 is 42.5 Å². The molecular weight excluding hydrogens is 1880 g/mol. The van der Waals surface area contributed by atoms with Crippen LogP contribution in [0.4, 0.5) is 89.5 Å². The van der Waals surface area contributed by atoms with Crippen LogP contribution >= 0.6 is 73.9 Å². The summed E-state index contributed by atoms with van der Waals surface area (Å²) >= 11 is 32.4. The zero-order valence-electron chi connectivity index (χ0n) is 66.6. The van der Waals surface area contributed by atoms with Crippen LogP contribution in [0.5, 0.6) is 0 Å². The van der Waals surface area contributed by atoms with Crippen molar-refractivity contribution in [3.63, 3.8) is 0 Å². The number of carbonyl (C=O) groups excluding carboxylic acids is 4. The summed E-state index contributed by atoms with van der Waals surface area (Å²) in [4.78, 5) is 118. The minimum atomic E-state index is -4.79. The molecule has 4 aromatic carbocycles. The minimum Gasteiger partial charge on any atom is -0.390 e. The van der Waals surface area contributed by atoms with Gasteiger partial charge in [0.05, 0.1) is 100 Å². The lowest BCUT2D eigenvalue weighted by atomic mass is 10.1. The quantitative estimate of drug-likeness (QED) is 0.0248. The van der Waals surface area contributed by atoms with E-state index in [1.54, 1.807) is 32.9 Å². The van der Waals surface area contributed by atoms with Gasteiger partial charge in [0.25, 0.3) is 47.9 Å². The van der Waals surface area contributed by atoms with E-state index in [1.165, 1.54) is 76.9 Å². The molecule has 676 valence electrons. The molecule has 4 atom stereocenters. The average molecular weight is 1950 g/mol. The van der Waals surface area contributed by atoms with Crippen LogP contribution in [0.3, 0.4) is 0 Å². The molecule has 4 aromatic heterocycles. The highest BCUT2D eigenvalue weighted by Crippen LogP contribution is 2.40. The Labute approximate surface area is 747 Å². The van der Waals surface area contributed by atoms with E-state index in [2.05, 4.69) is 90.8 Å². The fraction of sp³-hybridized carbons (Fsp3) is 0.329.